The third-order valence-electron chi connectivity index (χ3n) is 7.94. The van der Waals surface area contributed by atoms with Crippen LogP contribution >= 0.6 is 0 Å². The molecule has 3 N–H and O–H groups in total. The predicted molar refractivity (Wildman–Crippen MR) is 138 cm³/mol. The van der Waals surface area contributed by atoms with Gasteiger partial charge in [-0.1, -0.05) is 6.07 Å². The van der Waals surface area contributed by atoms with Crippen LogP contribution in [0.25, 0.3) is 0 Å². The van der Waals surface area contributed by atoms with Gasteiger partial charge in [-0.05, 0) is 93.1 Å². The van der Waals surface area contributed by atoms with Gasteiger partial charge >= 0.3 is 18.4 Å². The highest BCUT2D eigenvalue weighted by Crippen LogP contribution is 2.43. The maximum Gasteiger partial charge on any atom is 0.416 e. The second-order valence-corrected chi connectivity index (χ2v) is 10.5. The number of alkyl halides is 6. The van der Waals surface area contributed by atoms with Gasteiger partial charge in [0.15, 0.2) is 0 Å². The molecule has 3 atom stereocenters. The van der Waals surface area contributed by atoms with Crippen LogP contribution in [0.4, 0.5) is 35.5 Å². The number of aryl methyl sites for hydroxylation is 1. The normalized spacial score (nSPS) is 21.7. The Morgan fingerprint density at radius 3 is 2.17 bits per heavy atom. The summed E-state index contributed by atoms with van der Waals surface area (Å²) in [5.41, 5.74) is 2.26. The SMILES string of the molecule is Cc1cc(F)ccc1C1CC2(CCCN2)CCN1C(=O)N(C)C(C)c1cc(C(F)(F)F)cc(C(F)(F)F)c1.NC=O. The summed E-state index contributed by atoms with van der Waals surface area (Å²) in [4.78, 5) is 25.1. The fourth-order valence-corrected chi connectivity index (χ4v) is 5.66. The van der Waals surface area contributed by atoms with E-state index in [0.29, 0.717) is 37.1 Å². The average Bonchev–Trinajstić information content (AvgIpc) is 3.34. The summed E-state index contributed by atoms with van der Waals surface area (Å²) in [5, 5.41) is 3.54. The number of nitrogens with one attached hydrogen (secondary N) is 1. The molecule has 0 saturated carbocycles. The third kappa shape index (κ3) is 7.30. The minimum absolute atomic E-state index is 0.0735. The van der Waals surface area contributed by atoms with Crippen LogP contribution < -0.4 is 11.1 Å². The Labute approximate surface area is 233 Å². The van der Waals surface area contributed by atoms with Gasteiger partial charge in [0.2, 0.25) is 6.41 Å². The van der Waals surface area contributed by atoms with E-state index in [0.717, 1.165) is 24.9 Å². The largest absolute Gasteiger partial charge is 0.416 e. The highest BCUT2D eigenvalue weighted by Gasteiger charge is 2.45. The first kappa shape index (κ1) is 32.2. The van der Waals surface area contributed by atoms with E-state index in [4.69, 9.17) is 4.79 Å². The standard InChI is InChI=1S/C27H30F7N3O.CH3NO/c1-16-11-21(28)5-6-22(16)23-15-25(7-4-9-35-25)8-10-37(23)24(38)36(3)17(2)18-12-19(26(29,30)31)14-20(13-18)27(32,33)34;2-1-3/h5-6,11-14,17,23,35H,4,7-10,15H2,1-3H3;1H,(H2,2,3). The van der Waals surface area contributed by atoms with E-state index in [-0.39, 0.29) is 23.6 Å². The Kier molecular flexibility index (Phi) is 9.62. The second-order valence-electron chi connectivity index (χ2n) is 10.5. The molecule has 41 heavy (non-hydrogen) atoms. The Hall–Kier alpha value is -3.35. The maximum absolute atomic E-state index is 13.9. The number of nitrogens with zero attached hydrogens (tertiary/aromatic N) is 2. The molecule has 6 nitrogen and oxygen atoms in total. The van der Waals surface area contributed by atoms with Crippen LogP contribution in [-0.2, 0) is 17.1 Å². The Morgan fingerprint density at radius 1 is 1.10 bits per heavy atom. The molecule has 226 valence electrons. The van der Waals surface area contributed by atoms with Crippen molar-refractivity contribution in [2.75, 3.05) is 20.1 Å². The van der Waals surface area contributed by atoms with E-state index in [1.807, 2.05) is 0 Å². The van der Waals surface area contributed by atoms with Crippen molar-refractivity contribution in [3.05, 3.63) is 70.0 Å². The van der Waals surface area contributed by atoms with Gasteiger partial charge in [0.05, 0.1) is 23.2 Å². The summed E-state index contributed by atoms with van der Waals surface area (Å²) in [6.45, 7) is 4.32. The summed E-state index contributed by atoms with van der Waals surface area (Å²) >= 11 is 0. The zero-order valence-corrected chi connectivity index (χ0v) is 22.9. The molecule has 2 fully saturated rings. The molecular formula is C28H33F7N4O2. The first-order chi connectivity index (χ1) is 19.0. The van der Waals surface area contributed by atoms with Crippen LogP contribution in [0.5, 0.6) is 0 Å². The molecule has 4 rings (SSSR count). The summed E-state index contributed by atoms with van der Waals surface area (Å²) in [7, 11) is 1.37. The van der Waals surface area contributed by atoms with E-state index in [1.165, 1.54) is 31.0 Å². The lowest BCUT2D eigenvalue weighted by atomic mass is 9.79. The minimum atomic E-state index is -4.99. The number of rotatable bonds is 3. The molecule has 0 aliphatic carbocycles. The maximum atomic E-state index is 13.9. The minimum Gasteiger partial charge on any atom is -0.372 e. The zero-order valence-electron chi connectivity index (χ0n) is 22.9. The van der Waals surface area contributed by atoms with Crippen LogP contribution in [0, 0.1) is 12.7 Å². The number of hydrogen-bond acceptors (Lipinski definition) is 3. The molecule has 2 aromatic carbocycles. The molecule has 0 bridgehead atoms. The predicted octanol–water partition coefficient (Wildman–Crippen LogP) is 6.35. The summed E-state index contributed by atoms with van der Waals surface area (Å²) < 4.78 is 94.3. The highest BCUT2D eigenvalue weighted by molar-refractivity contribution is 5.75. The van der Waals surface area contributed by atoms with Crippen LogP contribution in [0.1, 0.15) is 72.5 Å². The molecule has 2 aliphatic heterocycles. The smallest absolute Gasteiger partial charge is 0.372 e. The second kappa shape index (κ2) is 12.3. The molecule has 2 saturated heterocycles. The van der Waals surface area contributed by atoms with Gasteiger partial charge in [-0.3, -0.25) is 4.79 Å². The van der Waals surface area contributed by atoms with E-state index in [9.17, 15) is 35.5 Å². The first-order valence-electron chi connectivity index (χ1n) is 13.0. The number of hydrogen-bond donors (Lipinski definition) is 2. The number of piperidine rings is 1. The lowest BCUT2D eigenvalue weighted by molar-refractivity contribution is -0.143. The van der Waals surface area contributed by atoms with Gasteiger partial charge < -0.3 is 20.9 Å². The molecule has 0 radical (unpaired) electrons. The van der Waals surface area contributed by atoms with Crippen molar-refractivity contribution < 1.29 is 40.3 Å². The highest BCUT2D eigenvalue weighted by atomic mass is 19.4. The number of likely N-dealkylation sites (tertiary alicyclic amines) is 1. The summed E-state index contributed by atoms with van der Waals surface area (Å²) in [5.74, 6) is -0.413. The molecule has 3 amide bonds. The molecule has 0 aromatic heterocycles. The van der Waals surface area contributed by atoms with Gasteiger partial charge in [0.1, 0.15) is 5.82 Å². The topological polar surface area (TPSA) is 78.7 Å². The van der Waals surface area contributed by atoms with Gasteiger partial charge in [-0.2, -0.15) is 26.3 Å². The van der Waals surface area contributed by atoms with Crippen molar-refractivity contribution in [3.63, 3.8) is 0 Å². The summed E-state index contributed by atoms with van der Waals surface area (Å²) in [6, 6.07) is 3.67. The average molecular weight is 591 g/mol. The van der Waals surface area contributed by atoms with Crippen LogP contribution in [0.2, 0.25) is 0 Å². The van der Waals surface area contributed by atoms with E-state index in [2.05, 4.69) is 11.1 Å². The molecule has 2 heterocycles. The van der Waals surface area contributed by atoms with E-state index in [1.54, 1.807) is 17.9 Å². The van der Waals surface area contributed by atoms with Crippen molar-refractivity contribution >= 4 is 12.4 Å². The third-order valence-corrected chi connectivity index (χ3v) is 7.94. The van der Waals surface area contributed by atoms with Crippen molar-refractivity contribution in [1.29, 1.82) is 0 Å². The fraction of sp³-hybridized carbons (Fsp3) is 0.500. The van der Waals surface area contributed by atoms with Crippen LogP contribution in [0.15, 0.2) is 36.4 Å². The number of carbonyl (C=O) groups is 2. The van der Waals surface area contributed by atoms with Crippen molar-refractivity contribution in [3.8, 4) is 0 Å². The van der Waals surface area contributed by atoms with Crippen LogP contribution in [0.3, 0.4) is 0 Å². The van der Waals surface area contributed by atoms with Crippen LogP contribution in [-0.4, -0.2) is 47.9 Å². The van der Waals surface area contributed by atoms with Crippen molar-refractivity contribution in [1.82, 2.24) is 15.1 Å². The molecule has 2 aliphatic rings. The number of benzene rings is 2. The molecule has 3 unspecified atom stereocenters. The van der Waals surface area contributed by atoms with Gasteiger partial charge in [0.25, 0.3) is 0 Å². The molecular weight excluding hydrogens is 557 g/mol. The van der Waals surface area contributed by atoms with Crippen molar-refractivity contribution in [2.24, 2.45) is 5.73 Å². The lowest BCUT2D eigenvalue weighted by Crippen LogP contribution is -2.55. The van der Waals surface area contributed by atoms with E-state index < -0.39 is 47.4 Å². The molecule has 2 aromatic rings. The Balaban J connectivity index is 0.00000147. The van der Waals surface area contributed by atoms with Crippen molar-refractivity contribution in [2.45, 2.75) is 69.5 Å². The summed E-state index contributed by atoms with van der Waals surface area (Å²) in [6.07, 6.45) is -6.60. The Bertz CT molecular complexity index is 1210. The van der Waals surface area contributed by atoms with Gasteiger partial charge in [-0.25, -0.2) is 9.18 Å². The Morgan fingerprint density at radius 2 is 1.68 bits per heavy atom. The molecule has 1 spiro atoms. The number of primary amides is 1. The van der Waals surface area contributed by atoms with E-state index >= 15 is 0 Å². The molecule has 13 heteroatoms. The fourth-order valence-electron chi connectivity index (χ4n) is 5.66. The number of carbonyl (C=O) groups excluding carboxylic acids is 2. The quantitative estimate of drug-likeness (QED) is 0.323. The number of urea groups is 1. The number of amides is 3. The van der Waals surface area contributed by atoms with Gasteiger partial charge in [-0.15, -0.1) is 0 Å². The first-order valence-corrected chi connectivity index (χ1v) is 13.0. The zero-order chi connectivity index (χ0) is 30.8. The number of nitrogens with two attached hydrogens (primary N) is 1. The lowest BCUT2D eigenvalue weighted by Gasteiger charge is -2.47. The monoisotopic (exact) mass is 590 g/mol. The van der Waals surface area contributed by atoms with Gasteiger partial charge in [0, 0.05) is 19.1 Å². The number of halogens is 7.